The van der Waals surface area contributed by atoms with Gasteiger partial charge in [0, 0.05) is 19.2 Å². The molecule has 2 heterocycles. The summed E-state index contributed by atoms with van der Waals surface area (Å²) in [6, 6.07) is 3.00. The van der Waals surface area contributed by atoms with E-state index in [4.69, 9.17) is 4.74 Å². The molecule has 0 aliphatic carbocycles. The maximum Gasteiger partial charge on any atom is 0.307 e. The fraction of sp³-hybridized carbons (Fsp3) is 0.529. The monoisotopic (exact) mass is 382 g/mol. The molecular formula is C17H22N2O6S. The van der Waals surface area contributed by atoms with Gasteiger partial charge in [-0.1, -0.05) is 6.92 Å². The number of carbonyl (C=O) groups is 2. The van der Waals surface area contributed by atoms with Gasteiger partial charge < -0.3 is 15.2 Å². The molecule has 9 heteroatoms. The van der Waals surface area contributed by atoms with E-state index in [-0.39, 0.29) is 23.9 Å². The Morgan fingerprint density at radius 1 is 1.42 bits per heavy atom. The van der Waals surface area contributed by atoms with Crippen molar-refractivity contribution in [2.24, 2.45) is 5.92 Å². The van der Waals surface area contributed by atoms with Crippen molar-refractivity contribution >= 4 is 27.6 Å². The van der Waals surface area contributed by atoms with Crippen LogP contribution in [-0.2, 0) is 19.6 Å². The predicted octanol–water partition coefficient (Wildman–Crippen LogP) is 1.59. The maximum atomic E-state index is 13.1. The minimum atomic E-state index is -3.85. The molecule has 26 heavy (non-hydrogen) atoms. The molecule has 0 radical (unpaired) electrons. The van der Waals surface area contributed by atoms with Crippen LogP contribution in [0, 0.1) is 12.8 Å². The summed E-state index contributed by atoms with van der Waals surface area (Å²) in [6.07, 6.45) is 0.781. The van der Waals surface area contributed by atoms with Crippen molar-refractivity contribution in [3.8, 4) is 5.75 Å². The number of rotatable bonds is 4. The lowest BCUT2D eigenvalue weighted by atomic mass is 10.0. The number of sulfonamides is 1. The number of carbonyl (C=O) groups excluding carboxylic acids is 1. The van der Waals surface area contributed by atoms with Gasteiger partial charge in [-0.3, -0.25) is 9.59 Å². The number of hydrogen-bond acceptors (Lipinski definition) is 5. The number of anilines is 1. The number of carboxylic acids is 1. The number of aliphatic carboxylic acids is 1. The first-order valence-corrected chi connectivity index (χ1v) is 10.0. The summed E-state index contributed by atoms with van der Waals surface area (Å²) in [6.45, 7) is 3.70. The van der Waals surface area contributed by atoms with Crippen LogP contribution in [0.15, 0.2) is 17.0 Å². The van der Waals surface area contributed by atoms with Gasteiger partial charge in [0.05, 0.1) is 16.5 Å². The average Bonchev–Trinajstić information content (AvgIpc) is 2.60. The number of benzene rings is 1. The summed E-state index contributed by atoms with van der Waals surface area (Å²) in [5, 5.41) is 11.9. The molecule has 1 saturated heterocycles. The van der Waals surface area contributed by atoms with Crippen LogP contribution >= 0.6 is 0 Å². The van der Waals surface area contributed by atoms with Crippen LogP contribution in [0.25, 0.3) is 0 Å². The fourth-order valence-electron chi connectivity index (χ4n) is 3.33. The van der Waals surface area contributed by atoms with Crippen molar-refractivity contribution in [2.45, 2.75) is 44.1 Å². The van der Waals surface area contributed by atoms with E-state index in [0.29, 0.717) is 36.3 Å². The molecule has 8 nitrogen and oxygen atoms in total. The third kappa shape index (κ3) is 3.28. The van der Waals surface area contributed by atoms with E-state index in [0.717, 1.165) is 0 Å². The summed E-state index contributed by atoms with van der Waals surface area (Å²) in [7, 11) is -3.85. The summed E-state index contributed by atoms with van der Waals surface area (Å²) in [5.74, 6) is -1.62. The van der Waals surface area contributed by atoms with E-state index < -0.39 is 28.0 Å². The van der Waals surface area contributed by atoms with Gasteiger partial charge in [-0.05, 0) is 37.8 Å². The van der Waals surface area contributed by atoms with Crippen molar-refractivity contribution in [2.75, 3.05) is 18.4 Å². The van der Waals surface area contributed by atoms with Gasteiger partial charge >= 0.3 is 5.97 Å². The highest BCUT2D eigenvalue weighted by atomic mass is 32.2. The molecule has 2 atom stereocenters. The second-order valence-electron chi connectivity index (χ2n) is 6.66. The Hall–Kier alpha value is -2.13. The Labute approximate surface area is 152 Å². The Balaban J connectivity index is 1.96. The van der Waals surface area contributed by atoms with E-state index in [9.17, 15) is 23.1 Å². The molecule has 0 saturated carbocycles. The molecule has 142 valence electrons. The number of ether oxygens (including phenoxy) is 1. The summed E-state index contributed by atoms with van der Waals surface area (Å²) in [4.78, 5) is 23.2. The molecule has 0 unspecified atom stereocenters. The van der Waals surface area contributed by atoms with Crippen molar-refractivity contribution in [3.63, 3.8) is 0 Å². The van der Waals surface area contributed by atoms with Crippen LogP contribution in [-0.4, -0.2) is 48.9 Å². The molecule has 0 aromatic heterocycles. The maximum absolute atomic E-state index is 13.1. The van der Waals surface area contributed by atoms with Crippen molar-refractivity contribution in [3.05, 3.63) is 17.7 Å². The zero-order chi connectivity index (χ0) is 19.1. The highest BCUT2D eigenvalue weighted by molar-refractivity contribution is 7.89. The number of amides is 1. The Morgan fingerprint density at radius 3 is 2.81 bits per heavy atom. The molecular weight excluding hydrogens is 360 g/mol. The lowest BCUT2D eigenvalue weighted by Crippen LogP contribution is -2.42. The number of carboxylic acid groups (broad SMARTS) is 1. The summed E-state index contributed by atoms with van der Waals surface area (Å²) in [5.41, 5.74) is 0.915. The molecule has 2 aliphatic heterocycles. The SMILES string of the molecule is CC[C@H]1Oc2cc(S(=O)(=O)N3CCC[C@@H](C(=O)O)C3)c(C)cc2NC1=O. The molecule has 1 aromatic carbocycles. The van der Waals surface area contributed by atoms with Gasteiger partial charge in [-0.25, -0.2) is 8.42 Å². The third-order valence-electron chi connectivity index (χ3n) is 4.82. The van der Waals surface area contributed by atoms with Crippen LogP contribution in [0.5, 0.6) is 5.75 Å². The molecule has 2 aliphatic rings. The van der Waals surface area contributed by atoms with Crippen molar-refractivity contribution in [1.82, 2.24) is 4.31 Å². The van der Waals surface area contributed by atoms with Crippen molar-refractivity contribution in [1.29, 1.82) is 0 Å². The molecule has 0 spiro atoms. The van der Waals surface area contributed by atoms with E-state index in [1.54, 1.807) is 19.9 Å². The van der Waals surface area contributed by atoms with Crippen LogP contribution in [0.2, 0.25) is 0 Å². The average molecular weight is 382 g/mol. The topological polar surface area (TPSA) is 113 Å². The first-order valence-electron chi connectivity index (χ1n) is 8.59. The first kappa shape index (κ1) is 18.7. The standard InChI is InChI=1S/C17H22N2O6S/c1-3-13-16(20)18-12-7-10(2)15(8-14(12)25-13)26(23,24)19-6-4-5-11(9-19)17(21)22/h7-8,11,13H,3-6,9H2,1-2H3,(H,18,20)(H,21,22)/t11-,13-/m1/s1. The number of nitrogens with zero attached hydrogens (tertiary/aromatic N) is 1. The third-order valence-corrected chi connectivity index (χ3v) is 6.83. The van der Waals surface area contributed by atoms with Crippen molar-refractivity contribution < 1.29 is 27.9 Å². The number of hydrogen-bond donors (Lipinski definition) is 2. The van der Waals surface area contributed by atoms with E-state index in [1.807, 2.05) is 0 Å². The molecule has 1 aromatic rings. The van der Waals surface area contributed by atoms with Gasteiger partial charge in [0.2, 0.25) is 10.0 Å². The molecule has 0 bridgehead atoms. The summed E-state index contributed by atoms with van der Waals surface area (Å²) < 4.78 is 33.0. The Bertz CT molecular complexity index is 851. The number of nitrogens with one attached hydrogen (secondary N) is 1. The smallest absolute Gasteiger partial charge is 0.307 e. The quantitative estimate of drug-likeness (QED) is 0.818. The van der Waals surface area contributed by atoms with Gasteiger partial charge in [0.25, 0.3) is 5.91 Å². The van der Waals surface area contributed by atoms with Gasteiger partial charge in [0.1, 0.15) is 5.75 Å². The number of piperidine rings is 1. The molecule has 3 rings (SSSR count). The number of fused-ring (bicyclic) bond motifs is 1. The zero-order valence-corrected chi connectivity index (χ0v) is 15.5. The van der Waals surface area contributed by atoms with Gasteiger partial charge in [-0.2, -0.15) is 4.31 Å². The van der Waals surface area contributed by atoms with Crippen LogP contribution in [0.3, 0.4) is 0 Å². The first-order chi connectivity index (χ1) is 12.2. The second kappa shape index (κ2) is 6.88. The minimum absolute atomic E-state index is 0.0383. The summed E-state index contributed by atoms with van der Waals surface area (Å²) >= 11 is 0. The Morgan fingerprint density at radius 2 is 2.15 bits per heavy atom. The lowest BCUT2D eigenvalue weighted by molar-refractivity contribution is -0.142. The van der Waals surface area contributed by atoms with Crippen LogP contribution in [0.4, 0.5) is 5.69 Å². The largest absolute Gasteiger partial charge is 0.481 e. The highest BCUT2D eigenvalue weighted by Crippen LogP contribution is 2.36. The van der Waals surface area contributed by atoms with E-state index >= 15 is 0 Å². The van der Waals surface area contributed by atoms with Crippen LogP contribution in [0.1, 0.15) is 31.7 Å². The van der Waals surface area contributed by atoms with E-state index in [1.165, 1.54) is 10.4 Å². The second-order valence-corrected chi connectivity index (χ2v) is 8.56. The molecule has 1 fully saturated rings. The lowest BCUT2D eigenvalue weighted by Gasteiger charge is -2.31. The minimum Gasteiger partial charge on any atom is -0.481 e. The molecule has 1 amide bonds. The normalized spacial score (nSPS) is 23.7. The molecule has 2 N–H and O–H groups in total. The predicted molar refractivity (Wildman–Crippen MR) is 93.6 cm³/mol. The van der Waals surface area contributed by atoms with Crippen LogP contribution < -0.4 is 10.1 Å². The Kier molecular flexibility index (Phi) is 4.94. The van der Waals surface area contributed by atoms with Gasteiger partial charge in [-0.15, -0.1) is 0 Å². The number of aryl methyl sites for hydroxylation is 1. The highest BCUT2D eigenvalue weighted by Gasteiger charge is 2.35. The van der Waals surface area contributed by atoms with Gasteiger partial charge in [0.15, 0.2) is 6.10 Å². The van der Waals surface area contributed by atoms with E-state index in [2.05, 4.69) is 5.32 Å². The zero-order valence-electron chi connectivity index (χ0n) is 14.7. The fourth-order valence-corrected chi connectivity index (χ4v) is 5.08.